The van der Waals surface area contributed by atoms with Crippen LogP contribution in [-0.2, 0) is 5.75 Å². The number of nitrogen functional groups attached to an aromatic ring is 1. The van der Waals surface area contributed by atoms with Crippen molar-refractivity contribution in [3.05, 3.63) is 36.0 Å². The molecular formula is C10H11N3OS. The predicted molar refractivity (Wildman–Crippen MR) is 59.5 cm³/mol. The fraction of sp³-hybridized carbons (Fsp3) is 0.200. The van der Waals surface area contributed by atoms with E-state index in [2.05, 4.69) is 9.97 Å². The molecule has 0 aliphatic heterocycles. The van der Waals surface area contributed by atoms with Crippen LogP contribution in [-0.4, -0.2) is 9.97 Å². The third-order valence-corrected chi connectivity index (χ3v) is 2.88. The first-order valence-electron chi connectivity index (χ1n) is 4.49. The Labute approximate surface area is 91.9 Å². The van der Waals surface area contributed by atoms with Crippen LogP contribution >= 0.6 is 11.8 Å². The number of anilines is 1. The maximum Gasteiger partial charge on any atom is 0.141 e. The summed E-state index contributed by atoms with van der Waals surface area (Å²) in [5, 5.41) is 0.847. The molecule has 0 atom stereocenters. The van der Waals surface area contributed by atoms with Gasteiger partial charge in [-0.3, -0.25) is 0 Å². The molecule has 0 aromatic carbocycles. The van der Waals surface area contributed by atoms with Crippen LogP contribution < -0.4 is 5.73 Å². The molecule has 0 aliphatic rings. The first-order valence-corrected chi connectivity index (χ1v) is 5.47. The molecule has 0 saturated heterocycles. The highest BCUT2D eigenvalue weighted by atomic mass is 32.2. The molecular weight excluding hydrogens is 210 g/mol. The zero-order valence-corrected chi connectivity index (χ0v) is 9.12. The van der Waals surface area contributed by atoms with E-state index in [-0.39, 0.29) is 0 Å². The minimum Gasteiger partial charge on any atom is -0.468 e. The van der Waals surface area contributed by atoms with E-state index >= 15 is 0 Å². The first kappa shape index (κ1) is 10.0. The summed E-state index contributed by atoms with van der Waals surface area (Å²) in [6, 6.07) is 1.95. The Bertz CT molecular complexity index is 438. The van der Waals surface area contributed by atoms with Gasteiger partial charge in [0.1, 0.15) is 16.6 Å². The summed E-state index contributed by atoms with van der Waals surface area (Å²) < 4.78 is 5.32. The van der Waals surface area contributed by atoms with Gasteiger partial charge in [-0.25, -0.2) is 9.97 Å². The summed E-state index contributed by atoms with van der Waals surface area (Å²) in [5.74, 6) is 2.17. The molecule has 0 spiro atoms. The average Bonchev–Trinajstić information content (AvgIpc) is 2.63. The lowest BCUT2D eigenvalue weighted by molar-refractivity contribution is 0.528. The SMILES string of the molecule is Cc1ccoc1CSc1cnc(N)cn1. The van der Waals surface area contributed by atoms with Gasteiger partial charge in [-0.05, 0) is 18.6 Å². The van der Waals surface area contributed by atoms with Crippen molar-refractivity contribution in [1.29, 1.82) is 0 Å². The fourth-order valence-electron chi connectivity index (χ4n) is 1.09. The van der Waals surface area contributed by atoms with Gasteiger partial charge in [-0.15, -0.1) is 0 Å². The highest BCUT2D eigenvalue weighted by molar-refractivity contribution is 7.98. The number of nitrogens with zero attached hydrogens (tertiary/aromatic N) is 2. The quantitative estimate of drug-likeness (QED) is 0.805. The lowest BCUT2D eigenvalue weighted by Crippen LogP contribution is -1.91. The van der Waals surface area contributed by atoms with E-state index < -0.39 is 0 Å². The smallest absolute Gasteiger partial charge is 0.141 e. The topological polar surface area (TPSA) is 64.9 Å². The van der Waals surface area contributed by atoms with Crippen molar-refractivity contribution in [3.8, 4) is 0 Å². The van der Waals surface area contributed by atoms with Gasteiger partial charge in [0, 0.05) is 0 Å². The van der Waals surface area contributed by atoms with Crippen LogP contribution in [0.15, 0.2) is 34.2 Å². The molecule has 0 saturated carbocycles. The standard InChI is InChI=1S/C10H11N3OS/c1-7-2-3-14-8(7)6-15-10-5-12-9(11)4-13-10/h2-5H,6H2,1H3,(H2,11,12). The van der Waals surface area contributed by atoms with Gasteiger partial charge in [-0.1, -0.05) is 11.8 Å². The van der Waals surface area contributed by atoms with Crippen LogP contribution in [0.5, 0.6) is 0 Å². The number of hydrogen-bond donors (Lipinski definition) is 1. The van der Waals surface area contributed by atoms with Gasteiger partial charge >= 0.3 is 0 Å². The molecule has 0 fully saturated rings. The average molecular weight is 221 g/mol. The van der Waals surface area contributed by atoms with Gasteiger partial charge in [0.15, 0.2) is 0 Å². The summed E-state index contributed by atoms with van der Waals surface area (Å²) in [6.07, 6.45) is 4.91. The van der Waals surface area contributed by atoms with E-state index in [4.69, 9.17) is 10.2 Å². The maximum atomic E-state index is 5.44. The van der Waals surface area contributed by atoms with Gasteiger partial charge in [-0.2, -0.15) is 0 Å². The molecule has 2 aromatic rings. The summed E-state index contributed by atoms with van der Waals surface area (Å²) in [4.78, 5) is 8.11. The Kier molecular flexibility index (Phi) is 2.91. The molecule has 5 heteroatoms. The minimum absolute atomic E-state index is 0.438. The van der Waals surface area contributed by atoms with Gasteiger partial charge in [0.05, 0.1) is 24.4 Å². The second-order valence-corrected chi connectivity index (χ2v) is 4.09. The van der Waals surface area contributed by atoms with Crippen molar-refractivity contribution in [2.75, 3.05) is 5.73 Å². The van der Waals surface area contributed by atoms with E-state index in [1.54, 1.807) is 30.4 Å². The minimum atomic E-state index is 0.438. The van der Waals surface area contributed by atoms with Crippen LogP contribution in [0.3, 0.4) is 0 Å². The molecule has 2 aromatic heterocycles. The molecule has 0 radical (unpaired) electrons. The Hall–Kier alpha value is -1.49. The molecule has 15 heavy (non-hydrogen) atoms. The molecule has 78 valence electrons. The monoisotopic (exact) mass is 221 g/mol. The molecule has 0 unspecified atom stereocenters. The lowest BCUT2D eigenvalue weighted by Gasteiger charge is -1.99. The number of thioether (sulfide) groups is 1. The summed E-state index contributed by atoms with van der Waals surface area (Å²) in [5.41, 5.74) is 6.60. The Morgan fingerprint density at radius 1 is 1.40 bits per heavy atom. The largest absolute Gasteiger partial charge is 0.468 e. The molecule has 4 nitrogen and oxygen atoms in total. The number of rotatable bonds is 3. The molecule has 2 rings (SSSR count). The highest BCUT2D eigenvalue weighted by Gasteiger charge is 2.03. The van der Waals surface area contributed by atoms with Gasteiger partial charge < -0.3 is 10.2 Å². The van der Waals surface area contributed by atoms with Gasteiger partial charge in [0.2, 0.25) is 0 Å². The van der Waals surface area contributed by atoms with E-state index in [0.29, 0.717) is 5.82 Å². The van der Waals surface area contributed by atoms with Gasteiger partial charge in [0.25, 0.3) is 0 Å². The summed E-state index contributed by atoms with van der Waals surface area (Å²) >= 11 is 1.58. The van der Waals surface area contributed by atoms with E-state index in [1.165, 1.54) is 0 Å². The molecule has 2 N–H and O–H groups in total. The van der Waals surface area contributed by atoms with Crippen molar-refractivity contribution in [2.45, 2.75) is 17.7 Å². The van der Waals surface area contributed by atoms with E-state index in [9.17, 15) is 0 Å². The van der Waals surface area contributed by atoms with Crippen molar-refractivity contribution >= 4 is 17.6 Å². The molecule has 0 aliphatic carbocycles. The van der Waals surface area contributed by atoms with Crippen molar-refractivity contribution in [2.24, 2.45) is 0 Å². The van der Waals surface area contributed by atoms with Crippen LogP contribution in [0.1, 0.15) is 11.3 Å². The van der Waals surface area contributed by atoms with Crippen molar-refractivity contribution in [3.63, 3.8) is 0 Å². The summed E-state index contributed by atoms with van der Waals surface area (Å²) in [6.45, 7) is 2.02. The fourth-order valence-corrected chi connectivity index (χ4v) is 1.92. The van der Waals surface area contributed by atoms with Crippen LogP contribution in [0.4, 0.5) is 5.82 Å². The second kappa shape index (κ2) is 4.35. The number of hydrogen-bond acceptors (Lipinski definition) is 5. The Balaban J connectivity index is 1.99. The van der Waals surface area contributed by atoms with Crippen LogP contribution in [0.25, 0.3) is 0 Å². The third kappa shape index (κ3) is 2.50. The number of nitrogens with two attached hydrogens (primary N) is 1. The third-order valence-electron chi connectivity index (χ3n) is 1.97. The van der Waals surface area contributed by atoms with Crippen molar-refractivity contribution in [1.82, 2.24) is 9.97 Å². The Morgan fingerprint density at radius 2 is 2.27 bits per heavy atom. The summed E-state index contributed by atoms with van der Waals surface area (Å²) in [7, 11) is 0. The predicted octanol–water partition coefficient (Wildman–Crippen LogP) is 2.25. The first-order chi connectivity index (χ1) is 7.25. The van der Waals surface area contributed by atoms with E-state index in [0.717, 1.165) is 22.1 Å². The zero-order chi connectivity index (χ0) is 10.7. The highest BCUT2D eigenvalue weighted by Crippen LogP contribution is 2.22. The molecule has 2 heterocycles. The van der Waals surface area contributed by atoms with Crippen LogP contribution in [0.2, 0.25) is 0 Å². The number of furan rings is 1. The van der Waals surface area contributed by atoms with E-state index in [1.807, 2.05) is 13.0 Å². The number of aromatic nitrogens is 2. The van der Waals surface area contributed by atoms with Crippen molar-refractivity contribution < 1.29 is 4.42 Å². The second-order valence-electron chi connectivity index (χ2n) is 3.09. The molecule has 0 bridgehead atoms. The Morgan fingerprint density at radius 3 is 2.87 bits per heavy atom. The number of aryl methyl sites for hydroxylation is 1. The zero-order valence-electron chi connectivity index (χ0n) is 8.30. The lowest BCUT2D eigenvalue weighted by atomic mass is 10.3. The molecule has 0 amide bonds. The maximum absolute atomic E-state index is 5.44. The normalized spacial score (nSPS) is 10.5. The van der Waals surface area contributed by atoms with Crippen LogP contribution in [0, 0.1) is 6.92 Å².